The number of nitrogens with two attached hydrogens (primary N) is 2. The van der Waals surface area contributed by atoms with E-state index in [1.165, 1.54) is 51.0 Å². The van der Waals surface area contributed by atoms with Gasteiger partial charge in [0, 0.05) is 54.3 Å². The zero-order chi connectivity index (χ0) is 30.6. The Kier molecular flexibility index (Phi) is 9.46. The molecule has 1 aromatic heterocycles. The summed E-state index contributed by atoms with van der Waals surface area (Å²) in [5.41, 5.74) is 6.80. The van der Waals surface area contributed by atoms with Crippen LogP contribution in [0.2, 0.25) is 5.02 Å². The van der Waals surface area contributed by atoms with Gasteiger partial charge in [0.2, 0.25) is 0 Å². The van der Waals surface area contributed by atoms with Crippen LogP contribution in [-0.4, -0.2) is 61.0 Å². The van der Waals surface area contributed by atoms with Crippen LogP contribution in [0.25, 0.3) is 5.70 Å². The molecule has 0 bridgehead atoms. The maximum Gasteiger partial charge on any atom is 0.301 e. The fraction of sp³-hybridized carbons (Fsp3) is 0.286. The molecule has 10 nitrogen and oxygen atoms in total. The minimum atomic E-state index is -3.80. The zero-order valence-corrected chi connectivity index (χ0v) is 23.5. The first-order chi connectivity index (χ1) is 19.9. The highest BCUT2D eigenvalue weighted by atomic mass is 35.5. The van der Waals surface area contributed by atoms with E-state index >= 15 is 0 Å². The van der Waals surface area contributed by atoms with Crippen molar-refractivity contribution in [1.82, 2.24) is 9.88 Å². The molecule has 3 aromatic rings. The number of hydrogen-bond acceptors (Lipinski definition) is 9. The molecule has 0 unspecified atom stereocenters. The van der Waals surface area contributed by atoms with E-state index in [9.17, 15) is 23.1 Å². The number of nitrogens with zero attached hydrogens (tertiary/aromatic N) is 3. The highest BCUT2D eigenvalue weighted by Gasteiger charge is 2.34. The number of anilines is 2. The molecule has 2 aromatic carbocycles. The number of methoxy groups -OCH3 is 2. The number of nitrogens with one attached hydrogen (secondary N) is 1. The van der Waals surface area contributed by atoms with Crippen molar-refractivity contribution < 1.29 is 32.5 Å². The van der Waals surface area contributed by atoms with E-state index in [2.05, 4.69) is 10.3 Å². The van der Waals surface area contributed by atoms with E-state index in [0.29, 0.717) is 30.0 Å². The molecule has 224 valence electrons. The van der Waals surface area contributed by atoms with Crippen molar-refractivity contribution in [3.8, 4) is 11.5 Å². The third kappa shape index (κ3) is 6.87. The zero-order valence-electron chi connectivity index (χ0n) is 22.8. The number of pyridine rings is 1. The van der Waals surface area contributed by atoms with Gasteiger partial charge in [-0.25, -0.2) is 10.2 Å². The first-order valence-electron chi connectivity index (χ1n) is 12.6. The lowest BCUT2D eigenvalue weighted by Gasteiger charge is -2.36. The second-order valence-electron chi connectivity index (χ2n) is 9.63. The van der Waals surface area contributed by atoms with Crippen molar-refractivity contribution in [1.29, 1.82) is 0 Å². The van der Waals surface area contributed by atoms with Crippen LogP contribution in [0.15, 0.2) is 55.0 Å². The molecule has 42 heavy (non-hydrogen) atoms. The van der Waals surface area contributed by atoms with Crippen molar-refractivity contribution in [2.24, 2.45) is 11.6 Å². The van der Waals surface area contributed by atoms with Crippen LogP contribution in [0.5, 0.6) is 11.5 Å². The average molecular weight is 607 g/mol. The van der Waals surface area contributed by atoms with Gasteiger partial charge in [-0.05, 0) is 36.4 Å². The fourth-order valence-corrected chi connectivity index (χ4v) is 4.58. The molecule has 14 heteroatoms. The van der Waals surface area contributed by atoms with Crippen molar-refractivity contribution in [2.45, 2.75) is 18.6 Å². The summed E-state index contributed by atoms with van der Waals surface area (Å²) >= 11 is 6.35. The number of benzene rings is 2. The number of likely N-dealkylation sites (tertiary alicyclic amines) is 1. The van der Waals surface area contributed by atoms with E-state index in [-0.39, 0.29) is 40.0 Å². The number of alkyl halides is 3. The number of aliphatic hydroxyl groups is 1. The Morgan fingerprint density at radius 2 is 1.95 bits per heavy atom. The summed E-state index contributed by atoms with van der Waals surface area (Å²) in [6.45, 7) is -1.11. The van der Waals surface area contributed by atoms with Gasteiger partial charge in [-0.3, -0.25) is 19.7 Å². The normalized spacial score (nSPS) is 14.3. The maximum atomic E-state index is 14.4. The van der Waals surface area contributed by atoms with Crippen molar-refractivity contribution in [2.75, 3.05) is 44.3 Å². The van der Waals surface area contributed by atoms with Crippen LogP contribution < -0.4 is 31.4 Å². The van der Waals surface area contributed by atoms with Crippen molar-refractivity contribution >= 4 is 34.6 Å². The summed E-state index contributed by atoms with van der Waals surface area (Å²) in [4.78, 5) is 19.2. The van der Waals surface area contributed by atoms with Crippen LogP contribution in [0.4, 0.5) is 24.5 Å². The molecule has 4 rings (SSSR count). The lowest BCUT2D eigenvalue weighted by atomic mass is 10.0. The number of carbonyl (C=O) groups excluding carboxylic acids is 1. The molecule has 0 spiro atoms. The smallest absolute Gasteiger partial charge is 0.301 e. The Morgan fingerprint density at radius 1 is 1.21 bits per heavy atom. The standard InChI is InChI=1S/C28H30ClF3N6O4/c1-41-21-6-17(9-35-10-21)23(33)14-38(34)25-7-16(3-4-22(25)29)27(40)36-24-8-19(28(31,32)15-30)5-18(26(24)42-2)11-37-12-20(39)13-37/h3-10,14,20,39H,11-13,15,33-34H2,1-2H3,(H,36,40)/b23-14-. The van der Waals surface area contributed by atoms with Gasteiger partial charge in [-0.15, -0.1) is 0 Å². The summed E-state index contributed by atoms with van der Waals surface area (Å²) in [6, 6.07) is 8.02. The predicted octanol–water partition coefficient (Wildman–Crippen LogP) is 3.88. The highest BCUT2D eigenvalue weighted by molar-refractivity contribution is 6.33. The number of hydrazine groups is 1. The third-order valence-electron chi connectivity index (χ3n) is 6.59. The Morgan fingerprint density at radius 3 is 2.60 bits per heavy atom. The first-order valence-corrected chi connectivity index (χ1v) is 13.0. The summed E-state index contributed by atoms with van der Waals surface area (Å²) in [5, 5.41) is 13.5. The van der Waals surface area contributed by atoms with Gasteiger partial charge in [-0.2, -0.15) is 8.78 Å². The monoisotopic (exact) mass is 606 g/mol. The molecule has 1 aliphatic heterocycles. The van der Waals surface area contributed by atoms with E-state index in [1.807, 2.05) is 0 Å². The molecule has 0 radical (unpaired) electrons. The average Bonchev–Trinajstić information content (AvgIpc) is 2.96. The number of carbonyl (C=O) groups is 1. The van der Waals surface area contributed by atoms with Gasteiger partial charge >= 0.3 is 5.92 Å². The fourth-order valence-electron chi connectivity index (χ4n) is 4.37. The number of hydrogen-bond donors (Lipinski definition) is 4. The van der Waals surface area contributed by atoms with Gasteiger partial charge in [-0.1, -0.05) is 11.6 Å². The SMILES string of the molecule is COc1cncc(/C(N)=C/N(N)c2cc(C(=O)Nc3cc(C(F)(F)CF)cc(CN4CC(O)C4)c3OC)ccc2Cl)c1. The predicted molar refractivity (Wildman–Crippen MR) is 153 cm³/mol. The van der Waals surface area contributed by atoms with E-state index in [0.717, 1.165) is 17.1 Å². The molecule has 1 fully saturated rings. The molecule has 0 atom stereocenters. The van der Waals surface area contributed by atoms with Crippen molar-refractivity contribution in [3.05, 3.63) is 82.3 Å². The molecule has 1 aliphatic rings. The largest absolute Gasteiger partial charge is 0.495 e. The molecular weight excluding hydrogens is 577 g/mol. The molecule has 0 aliphatic carbocycles. The van der Waals surface area contributed by atoms with Crippen LogP contribution in [0, 0.1) is 0 Å². The Labute approximate surface area is 245 Å². The van der Waals surface area contributed by atoms with Gasteiger partial charge in [0.1, 0.15) is 11.5 Å². The number of β-amino-alcohol motifs (C(OH)–C–C–N with tert-alkyl or cyclic N) is 1. The van der Waals surface area contributed by atoms with Gasteiger partial charge in [0.05, 0.1) is 48.6 Å². The Hall–Kier alpha value is -4.04. The van der Waals surface area contributed by atoms with Crippen molar-refractivity contribution in [3.63, 3.8) is 0 Å². The van der Waals surface area contributed by atoms with Gasteiger partial charge < -0.3 is 25.6 Å². The van der Waals surface area contributed by atoms with E-state index in [4.69, 9.17) is 32.7 Å². The Balaban J connectivity index is 1.64. The number of ether oxygens (including phenoxy) is 2. The van der Waals surface area contributed by atoms with E-state index < -0.39 is 30.2 Å². The van der Waals surface area contributed by atoms with Gasteiger partial charge in [0.25, 0.3) is 5.91 Å². The molecule has 0 saturated carbocycles. The van der Waals surface area contributed by atoms with Crippen LogP contribution in [-0.2, 0) is 12.5 Å². The number of halogens is 4. The van der Waals surface area contributed by atoms with Gasteiger partial charge in [0.15, 0.2) is 6.67 Å². The number of aliphatic hydroxyl groups excluding tert-OH is 1. The summed E-state index contributed by atoms with van der Waals surface area (Å²) in [5.74, 6) is 2.31. The highest BCUT2D eigenvalue weighted by Crippen LogP contribution is 2.39. The van der Waals surface area contributed by atoms with E-state index in [1.54, 1.807) is 11.0 Å². The maximum absolute atomic E-state index is 14.4. The lowest BCUT2D eigenvalue weighted by molar-refractivity contribution is -0.0284. The quantitative estimate of drug-likeness (QED) is 0.189. The minimum Gasteiger partial charge on any atom is -0.495 e. The third-order valence-corrected chi connectivity index (χ3v) is 6.91. The van der Waals surface area contributed by atoms with Crippen LogP contribution in [0.1, 0.15) is 27.0 Å². The molecular formula is C28H30ClF3N6O4. The lowest BCUT2D eigenvalue weighted by Crippen LogP contribution is -2.49. The summed E-state index contributed by atoms with van der Waals surface area (Å²) in [6.07, 6.45) is 3.88. The van der Waals surface area contributed by atoms with Crippen LogP contribution >= 0.6 is 11.6 Å². The minimum absolute atomic E-state index is 0.0805. The molecule has 1 amide bonds. The topological polar surface area (TPSA) is 139 Å². The summed E-state index contributed by atoms with van der Waals surface area (Å²) < 4.78 is 52.8. The Bertz CT molecular complexity index is 1490. The molecule has 6 N–H and O–H groups in total. The number of amides is 1. The second-order valence-corrected chi connectivity index (χ2v) is 10.0. The summed E-state index contributed by atoms with van der Waals surface area (Å²) in [7, 11) is 2.82. The second kappa shape index (κ2) is 12.9. The number of rotatable bonds is 11. The van der Waals surface area contributed by atoms with Crippen LogP contribution in [0.3, 0.4) is 0 Å². The molecule has 2 heterocycles. The number of aromatic nitrogens is 1. The molecule has 1 saturated heterocycles. The first kappa shape index (κ1) is 30.9.